The highest BCUT2D eigenvalue weighted by Crippen LogP contribution is 2.25. The van der Waals surface area contributed by atoms with Gasteiger partial charge in [-0.3, -0.25) is 4.79 Å². The zero-order valence-corrected chi connectivity index (χ0v) is 8.74. The van der Waals surface area contributed by atoms with Gasteiger partial charge in [-0.2, -0.15) is 0 Å². The van der Waals surface area contributed by atoms with E-state index < -0.39 is 0 Å². The van der Waals surface area contributed by atoms with Crippen LogP contribution in [0.3, 0.4) is 0 Å². The molecule has 0 atom stereocenters. The van der Waals surface area contributed by atoms with E-state index in [0.717, 1.165) is 0 Å². The van der Waals surface area contributed by atoms with Crippen molar-refractivity contribution in [3.8, 4) is 11.5 Å². The molecule has 0 aromatic heterocycles. The molecule has 0 radical (unpaired) electrons. The topological polar surface area (TPSA) is 47.6 Å². The Balaban J connectivity index is 2.96. The number of anilines is 1. The lowest BCUT2D eigenvalue weighted by Gasteiger charge is -2.08. The van der Waals surface area contributed by atoms with E-state index in [1.54, 1.807) is 32.4 Å². The average molecular weight is 207 g/mol. The summed E-state index contributed by atoms with van der Waals surface area (Å²) in [5.41, 5.74) is 0.608. The summed E-state index contributed by atoms with van der Waals surface area (Å²) in [7, 11) is 3.10. The summed E-state index contributed by atoms with van der Waals surface area (Å²) < 4.78 is 10.1. The molecule has 1 rings (SSSR count). The van der Waals surface area contributed by atoms with Crippen LogP contribution in [-0.4, -0.2) is 20.1 Å². The van der Waals surface area contributed by atoms with E-state index >= 15 is 0 Å². The Kier molecular flexibility index (Phi) is 3.74. The Hall–Kier alpha value is -1.97. The Labute approximate surface area is 88.5 Å². The molecule has 0 spiro atoms. The average Bonchev–Trinajstić information content (AvgIpc) is 2.28. The lowest BCUT2D eigenvalue weighted by atomic mass is 10.2. The van der Waals surface area contributed by atoms with Crippen LogP contribution in [-0.2, 0) is 4.79 Å². The van der Waals surface area contributed by atoms with Crippen molar-refractivity contribution in [2.45, 2.75) is 0 Å². The molecule has 0 fully saturated rings. The number of rotatable bonds is 4. The molecule has 0 bridgehead atoms. The van der Waals surface area contributed by atoms with E-state index in [1.807, 2.05) is 0 Å². The molecule has 1 N–H and O–H groups in total. The third-order valence-corrected chi connectivity index (χ3v) is 1.80. The number of benzene rings is 1. The molecule has 15 heavy (non-hydrogen) atoms. The molecule has 0 saturated heterocycles. The Bertz CT molecular complexity index is 352. The monoisotopic (exact) mass is 207 g/mol. The smallest absolute Gasteiger partial charge is 0.247 e. The van der Waals surface area contributed by atoms with Gasteiger partial charge in [0.15, 0.2) is 0 Å². The number of hydrogen-bond acceptors (Lipinski definition) is 3. The summed E-state index contributed by atoms with van der Waals surface area (Å²) in [5, 5.41) is 2.62. The second kappa shape index (κ2) is 5.05. The number of hydrogen-bond donors (Lipinski definition) is 1. The zero-order valence-electron chi connectivity index (χ0n) is 8.74. The van der Waals surface area contributed by atoms with Gasteiger partial charge in [0.1, 0.15) is 11.5 Å². The molecule has 4 nitrogen and oxygen atoms in total. The SMILES string of the molecule is C=CC(=O)Nc1cc(OC)cc(OC)c1. The molecule has 0 aliphatic heterocycles. The quantitative estimate of drug-likeness (QED) is 0.766. The molecule has 0 aliphatic rings. The van der Waals surface area contributed by atoms with Gasteiger partial charge in [-0.25, -0.2) is 0 Å². The Morgan fingerprint density at radius 3 is 2.20 bits per heavy atom. The van der Waals surface area contributed by atoms with Gasteiger partial charge < -0.3 is 14.8 Å². The summed E-state index contributed by atoms with van der Waals surface area (Å²) in [6.07, 6.45) is 1.20. The Morgan fingerprint density at radius 1 is 1.27 bits per heavy atom. The predicted octanol–water partition coefficient (Wildman–Crippen LogP) is 1.83. The van der Waals surface area contributed by atoms with Gasteiger partial charge >= 0.3 is 0 Å². The van der Waals surface area contributed by atoms with E-state index in [9.17, 15) is 4.79 Å². The highest BCUT2D eigenvalue weighted by molar-refractivity contribution is 5.99. The number of ether oxygens (including phenoxy) is 2. The number of amides is 1. The first-order chi connectivity index (χ1) is 7.19. The summed E-state index contributed by atoms with van der Waals surface area (Å²) in [6, 6.07) is 5.12. The second-order valence-corrected chi connectivity index (χ2v) is 2.79. The highest BCUT2D eigenvalue weighted by Gasteiger charge is 2.03. The van der Waals surface area contributed by atoms with Gasteiger partial charge in [0.05, 0.1) is 14.2 Å². The summed E-state index contributed by atoms with van der Waals surface area (Å²) >= 11 is 0. The maximum absolute atomic E-state index is 11.1. The van der Waals surface area contributed by atoms with Gasteiger partial charge in [0.25, 0.3) is 0 Å². The number of methoxy groups -OCH3 is 2. The van der Waals surface area contributed by atoms with E-state index in [4.69, 9.17) is 9.47 Å². The molecular weight excluding hydrogens is 194 g/mol. The minimum atomic E-state index is -0.273. The summed E-state index contributed by atoms with van der Waals surface area (Å²) in [4.78, 5) is 11.1. The van der Waals surface area contributed by atoms with Crippen molar-refractivity contribution in [1.29, 1.82) is 0 Å². The number of carbonyl (C=O) groups excluding carboxylic acids is 1. The lowest BCUT2D eigenvalue weighted by molar-refractivity contribution is -0.111. The van der Waals surface area contributed by atoms with Crippen LogP contribution in [0.2, 0.25) is 0 Å². The van der Waals surface area contributed by atoms with Crippen LogP contribution in [0.5, 0.6) is 11.5 Å². The van der Waals surface area contributed by atoms with Crippen LogP contribution in [0, 0.1) is 0 Å². The van der Waals surface area contributed by atoms with E-state index in [-0.39, 0.29) is 5.91 Å². The maximum Gasteiger partial charge on any atom is 0.247 e. The molecule has 0 saturated carbocycles. The summed E-state index contributed by atoms with van der Waals surface area (Å²) in [5.74, 6) is 0.965. The van der Waals surface area contributed by atoms with Crippen molar-refractivity contribution in [2.75, 3.05) is 19.5 Å². The van der Waals surface area contributed by atoms with Crippen molar-refractivity contribution < 1.29 is 14.3 Å². The van der Waals surface area contributed by atoms with Gasteiger partial charge in [-0.1, -0.05) is 6.58 Å². The minimum absolute atomic E-state index is 0.273. The molecule has 0 unspecified atom stereocenters. The molecule has 1 aromatic rings. The van der Waals surface area contributed by atoms with Crippen LogP contribution in [0.15, 0.2) is 30.9 Å². The fourth-order valence-corrected chi connectivity index (χ4v) is 1.07. The fraction of sp³-hybridized carbons (Fsp3) is 0.182. The second-order valence-electron chi connectivity index (χ2n) is 2.79. The van der Waals surface area contributed by atoms with E-state index in [1.165, 1.54) is 6.08 Å². The molecule has 80 valence electrons. The van der Waals surface area contributed by atoms with Gasteiger partial charge in [-0.15, -0.1) is 0 Å². The van der Waals surface area contributed by atoms with Crippen molar-refractivity contribution in [2.24, 2.45) is 0 Å². The largest absolute Gasteiger partial charge is 0.497 e. The standard InChI is InChI=1S/C11H13NO3/c1-4-11(13)12-8-5-9(14-2)7-10(6-8)15-3/h4-7H,1H2,2-3H3,(H,12,13). The fourth-order valence-electron chi connectivity index (χ4n) is 1.07. The Morgan fingerprint density at radius 2 is 1.80 bits per heavy atom. The number of nitrogens with one attached hydrogen (secondary N) is 1. The first-order valence-corrected chi connectivity index (χ1v) is 4.36. The molecule has 1 amide bonds. The third kappa shape index (κ3) is 3.02. The van der Waals surface area contributed by atoms with E-state index in [0.29, 0.717) is 17.2 Å². The molecule has 4 heteroatoms. The summed E-state index contributed by atoms with van der Waals surface area (Å²) in [6.45, 7) is 3.37. The lowest BCUT2D eigenvalue weighted by Crippen LogP contribution is -2.07. The maximum atomic E-state index is 11.1. The van der Waals surface area contributed by atoms with Crippen LogP contribution >= 0.6 is 0 Å². The van der Waals surface area contributed by atoms with Crippen molar-refractivity contribution in [3.05, 3.63) is 30.9 Å². The van der Waals surface area contributed by atoms with Crippen LogP contribution in [0.1, 0.15) is 0 Å². The van der Waals surface area contributed by atoms with Gasteiger partial charge in [-0.05, 0) is 6.08 Å². The zero-order chi connectivity index (χ0) is 11.3. The third-order valence-electron chi connectivity index (χ3n) is 1.80. The minimum Gasteiger partial charge on any atom is -0.497 e. The predicted molar refractivity (Wildman–Crippen MR) is 58.4 cm³/mol. The van der Waals surface area contributed by atoms with Crippen molar-refractivity contribution in [3.63, 3.8) is 0 Å². The first kappa shape index (κ1) is 11.1. The normalized spacial score (nSPS) is 9.20. The van der Waals surface area contributed by atoms with Gasteiger partial charge in [0.2, 0.25) is 5.91 Å². The molecule has 0 heterocycles. The molecular formula is C11H13NO3. The van der Waals surface area contributed by atoms with E-state index in [2.05, 4.69) is 11.9 Å². The van der Waals surface area contributed by atoms with Gasteiger partial charge in [0, 0.05) is 23.9 Å². The van der Waals surface area contributed by atoms with Crippen molar-refractivity contribution in [1.82, 2.24) is 0 Å². The van der Waals surface area contributed by atoms with Crippen LogP contribution < -0.4 is 14.8 Å². The first-order valence-electron chi connectivity index (χ1n) is 4.36. The van der Waals surface area contributed by atoms with Crippen molar-refractivity contribution >= 4 is 11.6 Å². The highest BCUT2D eigenvalue weighted by atomic mass is 16.5. The van der Waals surface area contributed by atoms with Crippen LogP contribution in [0.25, 0.3) is 0 Å². The number of carbonyl (C=O) groups is 1. The molecule has 0 aliphatic carbocycles. The molecule has 1 aromatic carbocycles. The van der Waals surface area contributed by atoms with Crippen LogP contribution in [0.4, 0.5) is 5.69 Å².